The minimum Gasteiger partial charge on any atom is -0.388 e. The summed E-state index contributed by atoms with van der Waals surface area (Å²) in [5.41, 5.74) is 1.54. The fourth-order valence-electron chi connectivity index (χ4n) is 2.96. The molecule has 0 bridgehead atoms. The molecule has 5 heteroatoms. The number of imidazole rings is 1. The van der Waals surface area contributed by atoms with Gasteiger partial charge in [0, 0.05) is 25.8 Å². The predicted octanol–water partition coefficient (Wildman–Crippen LogP) is 1.79. The Morgan fingerprint density at radius 3 is 3.00 bits per heavy atom. The number of pyridine rings is 1. The molecule has 0 spiro atoms. The third-order valence-electron chi connectivity index (χ3n) is 4.08. The van der Waals surface area contributed by atoms with Crippen molar-refractivity contribution in [3.05, 3.63) is 30.1 Å². The molecule has 1 saturated heterocycles. The van der Waals surface area contributed by atoms with Gasteiger partial charge in [-0.05, 0) is 38.4 Å². The number of anilines is 1. The molecule has 1 aliphatic rings. The minimum absolute atomic E-state index is 0.607. The Labute approximate surface area is 125 Å². The molecular formula is C16H24N4O. The molecule has 0 aromatic carbocycles. The van der Waals surface area contributed by atoms with Gasteiger partial charge in [0.05, 0.1) is 11.3 Å². The first kappa shape index (κ1) is 14.4. The lowest BCUT2D eigenvalue weighted by Crippen LogP contribution is -2.30. The standard InChI is InChI=1S/C16H24N4O/c1-3-8-17-11-13-15(19-10-7-16(2,21)12-19)18-14-6-4-5-9-20(13)14/h4-6,9,17,21H,3,7-8,10-12H2,1-2H3. The Hall–Kier alpha value is -1.59. The number of hydrogen-bond donors (Lipinski definition) is 2. The molecule has 0 saturated carbocycles. The summed E-state index contributed by atoms with van der Waals surface area (Å²) in [6.45, 7) is 7.37. The van der Waals surface area contributed by atoms with Gasteiger partial charge in [0.15, 0.2) is 5.82 Å². The van der Waals surface area contributed by atoms with Crippen molar-refractivity contribution in [2.24, 2.45) is 0 Å². The highest BCUT2D eigenvalue weighted by Crippen LogP contribution is 2.29. The zero-order valence-corrected chi connectivity index (χ0v) is 12.8. The van der Waals surface area contributed by atoms with E-state index in [2.05, 4.69) is 27.7 Å². The quantitative estimate of drug-likeness (QED) is 0.824. The molecule has 1 unspecified atom stereocenters. The lowest BCUT2D eigenvalue weighted by atomic mass is 10.1. The van der Waals surface area contributed by atoms with Crippen LogP contribution >= 0.6 is 0 Å². The molecule has 2 N–H and O–H groups in total. The van der Waals surface area contributed by atoms with Gasteiger partial charge in [0.1, 0.15) is 5.65 Å². The second-order valence-electron chi connectivity index (χ2n) is 6.16. The molecular weight excluding hydrogens is 264 g/mol. The molecule has 3 rings (SSSR count). The van der Waals surface area contributed by atoms with Crippen molar-refractivity contribution >= 4 is 11.5 Å². The number of hydrogen-bond acceptors (Lipinski definition) is 4. The number of nitrogens with one attached hydrogen (secondary N) is 1. The summed E-state index contributed by atoms with van der Waals surface area (Å²) in [6.07, 6.45) is 3.97. The predicted molar refractivity (Wildman–Crippen MR) is 84.6 cm³/mol. The molecule has 1 fully saturated rings. The Morgan fingerprint density at radius 2 is 2.29 bits per heavy atom. The van der Waals surface area contributed by atoms with Crippen molar-refractivity contribution < 1.29 is 5.11 Å². The molecule has 0 radical (unpaired) electrons. The Bertz CT molecular complexity index is 620. The number of β-amino-alcohol motifs (C(OH)–C–C–N with tert-alkyl or cyclic N) is 1. The molecule has 21 heavy (non-hydrogen) atoms. The second-order valence-corrected chi connectivity index (χ2v) is 6.16. The van der Waals surface area contributed by atoms with Crippen molar-refractivity contribution in [3.8, 4) is 0 Å². The van der Waals surface area contributed by atoms with Crippen molar-refractivity contribution in [2.75, 3.05) is 24.5 Å². The third kappa shape index (κ3) is 2.89. The maximum Gasteiger partial charge on any atom is 0.152 e. The van der Waals surface area contributed by atoms with E-state index in [9.17, 15) is 5.11 Å². The lowest BCUT2D eigenvalue weighted by molar-refractivity contribution is 0.0839. The van der Waals surface area contributed by atoms with Crippen LogP contribution in [0.1, 0.15) is 32.4 Å². The van der Waals surface area contributed by atoms with E-state index in [0.29, 0.717) is 6.54 Å². The monoisotopic (exact) mass is 288 g/mol. The smallest absolute Gasteiger partial charge is 0.152 e. The summed E-state index contributed by atoms with van der Waals surface area (Å²) in [5, 5.41) is 13.7. The van der Waals surface area contributed by atoms with Crippen LogP contribution < -0.4 is 10.2 Å². The summed E-state index contributed by atoms with van der Waals surface area (Å²) >= 11 is 0. The molecule has 114 valence electrons. The third-order valence-corrected chi connectivity index (χ3v) is 4.08. The van der Waals surface area contributed by atoms with E-state index in [1.165, 1.54) is 5.69 Å². The van der Waals surface area contributed by atoms with Gasteiger partial charge in [-0.15, -0.1) is 0 Å². The first-order valence-electron chi connectivity index (χ1n) is 7.75. The van der Waals surface area contributed by atoms with Crippen LogP contribution in [0.5, 0.6) is 0 Å². The van der Waals surface area contributed by atoms with Gasteiger partial charge in [0.25, 0.3) is 0 Å². The van der Waals surface area contributed by atoms with Crippen molar-refractivity contribution in [3.63, 3.8) is 0 Å². The molecule has 0 amide bonds. The second kappa shape index (κ2) is 5.66. The van der Waals surface area contributed by atoms with Gasteiger partial charge in [-0.2, -0.15) is 0 Å². The molecule has 5 nitrogen and oxygen atoms in total. The van der Waals surface area contributed by atoms with Crippen molar-refractivity contribution in [1.29, 1.82) is 0 Å². The number of fused-ring (bicyclic) bond motifs is 1. The largest absolute Gasteiger partial charge is 0.388 e. The summed E-state index contributed by atoms with van der Waals surface area (Å²) in [5.74, 6) is 1.00. The van der Waals surface area contributed by atoms with Gasteiger partial charge >= 0.3 is 0 Å². The van der Waals surface area contributed by atoms with E-state index in [1.54, 1.807) is 0 Å². The zero-order chi connectivity index (χ0) is 14.9. The highest BCUT2D eigenvalue weighted by atomic mass is 16.3. The molecule has 1 atom stereocenters. The van der Waals surface area contributed by atoms with Crippen molar-refractivity contribution in [2.45, 2.75) is 38.8 Å². The first-order chi connectivity index (χ1) is 10.1. The van der Waals surface area contributed by atoms with Gasteiger partial charge in [-0.1, -0.05) is 13.0 Å². The number of aliphatic hydroxyl groups is 1. The van der Waals surface area contributed by atoms with E-state index < -0.39 is 5.60 Å². The molecule has 3 heterocycles. The Kier molecular flexibility index (Phi) is 3.87. The van der Waals surface area contributed by atoms with Crippen LogP contribution in [0.4, 0.5) is 5.82 Å². The lowest BCUT2D eigenvalue weighted by Gasteiger charge is -2.20. The van der Waals surface area contributed by atoms with Crippen molar-refractivity contribution in [1.82, 2.24) is 14.7 Å². The van der Waals surface area contributed by atoms with E-state index in [1.807, 2.05) is 25.1 Å². The van der Waals surface area contributed by atoms with Gasteiger partial charge < -0.3 is 19.7 Å². The maximum absolute atomic E-state index is 10.2. The molecule has 0 aliphatic carbocycles. The average Bonchev–Trinajstić information content (AvgIpc) is 3.00. The average molecular weight is 288 g/mol. The number of aromatic nitrogens is 2. The summed E-state index contributed by atoms with van der Waals surface area (Å²) in [4.78, 5) is 6.98. The Balaban J connectivity index is 1.94. The zero-order valence-electron chi connectivity index (χ0n) is 12.8. The highest BCUT2D eigenvalue weighted by Gasteiger charge is 2.33. The summed E-state index contributed by atoms with van der Waals surface area (Å²) in [7, 11) is 0. The van der Waals surface area contributed by atoms with Crippen LogP contribution in [0.2, 0.25) is 0 Å². The van der Waals surface area contributed by atoms with Crippen LogP contribution in [0.15, 0.2) is 24.4 Å². The molecule has 2 aromatic heterocycles. The fraction of sp³-hybridized carbons (Fsp3) is 0.562. The number of rotatable bonds is 5. The van der Waals surface area contributed by atoms with Crippen LogP contribution in [-0.4, -0.2) is 39.7 Å². The minimum atomic E-state index is -0.607. The van der Waals surface area contributed by atoms with Crippen LogP contribution in [0.25, 0.3) is 5.65 Å². The SMILES string of the molecule is CCCNCc1c(N2CCC(C)(O)C2)nc2ccccn12. The van der Waals surface area contributed by atoms with E-state index >= 15 is 0 Å². The van der Waals surface area contributed by atoms with E-state index in [0.717, 1.165) is 43.9 Å². The maximum atomic E-state index is 10.2. The Morgan fingerprint density at radius 1 is 1.43 bits per heavy atom. The van der Waals surface area contributed by atoms with Gasteiger partial charge in [-0.3, -0.25) is 0 Å². The highest BCUT2D eigenvalue weighted by molar-refractivity contribution is 5.56. The summed E-state index contributed by atoms with van der Waals surface area (Å²) < 4.78 is 2.14. The van der Waals surface area contributed by atoms with E-state index in [-0.39, 0.29) is 0 Å². The fourth-order valence-corrected chi connectivity index (χ4v) is 2.96. The van der Waals surface area contributed by atoms with Crippen LogP contribution in [-0.2, 0) is 6.54 Å². The molecule has 1 aliphatic heterocycles. The van der Waals surface area contributed by atoms with Gasteiger partial charge in [-0.25, -0.2) is 4.98 Å². The van der Waals surface area contributed by atoms with Crippen LogP contribution in [0, 0.1) is 0 Å². The summed E-state index contributed by atoms with van der Waals surface area (Å²) in [6, 6.07) is 6.07. The first-order valence-corrected chi connectivity index (χ1v) is 7.75. The molecule has 2 aromatic rings. The topological polar surface area (TPSA) is 52.8 Å². The van der Waals surface area contributed by atoms with E-state index in [4.69, 9.17) is 4.98 Å². The normalized spacial score (nSPS) is 22.3. The van der Waals surface area contributed by atoms with Gasteiger partial charge in [0.2, 0.25) is 0 Å². The van der Waals surface area contributed by atoms with Crippen LogP contribution in [0.3, 0.4) is 0 Å². The number of nitrogens with zero attached hydrogens (tertiary/aromatic N) is 3.